The number of nitrogens with one attached hydrogen (secondary N) is 1. The van der Waals surface area contributed by atoms with Gasteiger partial charge in [-0.25, -0.2) is 0 Å². The summed E-state index contributed by atoms with van der Waals surface area (Å²) in [5.74, 6) is 0.890. The van der Waals surface area contributed by atoms with E-state index in [2.05, 4.69) is 54.5 Å². The standard InChI is InChI=1S/C17H26N2/c1-13(15-6-4-3-5-7-15)19-16-8-9-17(19)11-14(10-16)12-18-2/h3-7,13-14,16-18H,8-12H2,1-2H3. The van der Waals surface area contributed by atoms with Crippen molar-refractivity contribution < 1.29 is 0 Å². The van der Waals surface area contributed by atoms with Crippen LogP contribution < -0.4 is 5.32 Å². The zero-order chi connectivity index (χ0) is 13.2. The lowest BCUT2D eigenvalue weighted by molar-refractivity contribution is 0.0662. The fraction of sp³-hybridized carbons (Fsp3) is 0.647. The summed E-state index contributed by atoms with van der Waals surface area (Å²) in [5.41, 5.74) is 1.48. The van der Waals surface area contributed by atoms with Crippen molar-refractivity contribution in [1.29, 1.82) is 0 Å². The molecule has 1 N–H and O–H groups in total. The molecule has 3 rings (SSSR count). The van der Waals surface area contributed by atoms with E-state index >= 15 is 0 Å². The summed E-state index contributed by atoms with van der Waals surface area (Å²) in [7, 11) is 2.08. The molecule has 1 aromatic carbocycles. The van der Waals surface area contributed by atoms with Crippen LogP contribution in [0, 0.1) is 5.92 Å². The fourth-order valence-corrected chi connectivity index (χ4v) is 4.32. The van der Waals surface area contributed by atoms with Gasteiger partial charge in [-0.1, -0.05) is 30.3 Å². The highest BCUT2D eigenvalue weighted by Crippen LogP contribution is 2.43. The zero-order valence-corrected chi connectivity index (χ0v) is 12.2. The number of piperidine rings is 1. The van der Waals surface area contributed by atoms with E-state index in [9.17, 15) is 0 Å². The second-order valence-corrected chi connectivity index (χ2v) is 6.31. The Balaban J connectivity index is 1.73. The van der Waals surface area contributed by atoms with Gasteiger partial charge < -0.3 is 5.32 Å². The number of fused-ring (bicyclic) bond motifs is 2. The van der Waals surface area contributed by atoms with Crippen molar-refractivity contribution in [2.45, 2.75) is 50.7 Å². The molecule has 2 bridgehead atoms. The van der Waals surface area contributed by atoms with Crippen molar-refractivity contribution in [3.63, 3.8) is 0 Å². The molecule has 3 atom stereocenters. The van der Waals surface area contributed by atoms with E-state index in [4.69, 9.17) is 0 Å². The minimum atomic E-state index is 0.578. The van der Waals surface area contributed by atoms with Crippen molar-refractivity contribution >= 4 is 0 Å². The van der Waals surface area contributed by atoms with Crippen LogP contribution in [-0.4, -0.2) is 30.6 Å². The molecular weight excluding hydrogens is 232 g/mol. The molecule has 0 amide bonds. The maximum Gasteiger partial charge on any atom is 0.0325 e. The molecule has 0 saturated carbocycles. The van der Waals surface area contributed by atoms with Crippen molar-refractivity contribution in [2.75, 3.05) is 13.6 Å². The highest BCUT2D eigenvalue weighted by molar-refractivity contribution is 5.19. The third-order valence-electron chi connectivity index (χ3n) is 5.11. The SMILES string of the molecule is CNCC1CC2CCC(C1)N2C(C)c1ccccc1. The highest BCUT2D eigenvalue weighted by atomic mass is 15.2. The average molecular weight is 258 g/mol. The Bertz CT molecular complexity index is 389. The van der Waals surface area contributed by atoms with E-state index in [1.54, 1.807) is 0 Å². The molecule has 2 nitrogen and oxygen atoms in total. The summed E-state index contributed by atoms with van der Waals surface area (Å²) in [6.07, 6.45) is 5.58. The lowest BCUT2D eigenvalue weighted by atomic mass is 9.88. The van der Waals surface area contributed by atoms with Gasteiger partial charge in [-0.3, -0.25) is 4.90 Å². The smallest absolute Gasteiger partial charge is 0.0325 e. The number of benzene rings is 1. The Morgan fingerprint density at radius 3 is 2.37 bits per heavy atom. The largest absolute Gasteiger partial charge is 0.319 e. The van der Waals surface area contributed by atoms with Gasteiger partial charge in [0, 0.05) is 18.1 Å². The van der Waals surface area contributed by atoms with E-state index in [1.165, 1.54) is 37.8 Å². The minimum absolute atomic E-state index is 0.578. The van der Waals surface area contributed by atoms with E-state index < -0.39 is 0 Å². The molecule has 3 unspecified atom stereocenters. The van der Waals surface area contributed by atoms with Crippen LogP contribution >= 0.6 is 0 Å². The summed E-state index contributed by atoms with van der Waals surface area (Å²) < 4.78 is 0. The fourth-order valence-electron chi connectivity index (χ4n) is 4.32. The molecule has 2 saturated heterocycles. The molecule has 19 heavy (non-hydrogen) atoms. The lowest BCUT2D eigenvalue weighted by Crippen LogP contribution is -2.45. The Morgan fingerprint density at radius 1 is 1.16 bits per heavy atom. The van der Waals surface area contributed by atoms with Crippen molar-refractivity contribution in [2.24, 2.45) is 5.92 Å². The Kier molecular flexibility index (Phi) is 3.90. The summed E-state index contributed by atoms with van der Waals surface area (Å²) in [5, 5.41) is 3.36. The van der Waals surface area contributed by atoms with Gasteiger partial charge in [-0.2, -0.15) is 0 Å². The van der Waals surface area contributed by atoms with Crippen LogP contribution in [0.1, 0.15) is 44.2 Å². The maximum absolute atomic E-state index is 3.36. The van der Waals surface area contributed by atoms with Crippen molar-refractivity contribution in [1.82, 2.24) is 10.2 Å². The monoisotopic (exact) mass is 258 g/mol. The van der Waals surface area contributed by atoms with Crippen LogP contribution in [0.15, 0.2) is 30.3 Å². The maximum atomic E-state index is 3.36. The van der Waals surface area contributed by atoms with Crippen LogP contribution in [0.4, 0.5) is 0 Å². The molecule has 2 fully saturated rings. The summed E-state index contributed by atoms with van der Waals surface area (Å²) in [4.78, 5) is 2.81. The zero-order valence-electron chi connectivity index (χ0n) is 12.2. The van der Waals surface area contributed by atoms with E-state index in [0.717, 1.165) is 18.0 Å². The number of hydrogen-bond acceptors (Lipinski definition) is 2. The van der Waals surface area contributed by atoms with E-state index in [-0.39, 0.29) is 0 Å². The van der Waals surface area contributed by atoms with Crippen molar-refractivity contribution in [3.05, 3.63) is 35.9 Å². The first-order valence-corrected chi connectivity index (χ1v) is 7.76. The highest BCUT2D eigenvalue weighted by Gasteiger charge is 2.42. The molecule has 2 aliphatic heterocycles. The predicted molar refractivity (Wildman–Crippen MR) is 80.2 cm³/mol. The molecule has 104 valence electrons. The molecule has 0 spiro atoms. The van der Waals surface area contributed by atoms with E-state index in [0.29, 0.717) is 6.04 Å². The lowest BCUT2D eigenvalue weighted by Gasteiger charge is -2.42. The Labute approximate surface area is 117 Å². The van der Waals surface area contributed by atoms with Crippen LogP contribution in [0.5, 0.6) is 0 Å². The molecular formula is C17H26N2. The van der Waals surface area contributed by atoms with Crippen LogP contribution in [-0.2, 0) is 0 Å². The predicted octanol–water partition coefficient (Wildman–Crippen LogP) is 3.21. The van der Waals surface area contributed by atoms with Gasteiger partial charge in [0.1, 0.15) is 0 Å². The third kappa shape index (κ3) is 2.56. The first kappa shape index (κ1) is 13.1. The normalized spacial score (nSPS) is 32.4. The third-order valence-corrected chi connectivity index (χ3v) is 5.11. The average Bonchev–Trinajstić information content (AvgIpc) is 2.71. The van der Waals surface area contributed by atoms with Gasteiger partial charge in [-0.05, 0) is 57.7 Å². The van der Waals surface area contributed by atoms with Gasteiger partial charge in [0.05, 0.1) is 0 Å². The molecule has 2 aliphatic rings. The van der Waals surface area contributed by atoms with Gasteiger partial charge >= 0.3 is 0 Å². The summed E-state index contributed by atoms with van der Waals surface area (Å²) in [6, 6.07) is 13.2. The molecule has 0 aliphatic carbocycles. The topological polar surface area (TPSA) is 15.3 Å². The summed E-state index contributed by atoms with van der Waals surface area (Å²) >= 11 is 0. The van der Waals surface area contributed by atoms with Gasteiger partial charge in [0.25, 0.3) is 0 Å². The molecule has 2 heterocycles. The van der Waals surface area contributed by atoms with Crippen LogP contribution in [0.3, 0.4) is 0 Å². The second kappa shape index (κ2) is 5.64. The van der Waals surface area contributed by atoms with Gasteiger partial charge in [-0.15, -0.1) is 0 Å². The van der Waals surface area contributed by atoms with Gasteiger partial charge in [0.15, 0.2) is 0 Å². The number of hydrogen-bond donors (Lipinski definition) is 1. The van der Waals surface area contributed by atoms with Crippen LogP contribution in [0.2, 0.25) is 0 Å². The first-order chi connectivity index (χ1) is 9.29. The number of nitrogens with zero attached hydrogens (tertiary/aromatic N) is 1. The Morgan fingerprint density at radius 2 is 1.79 bits per heavy atom. The van der Waals surface area contributed by atoms with Crippen molar-refractivity contribution in [3.8, 4) is 0 Å². The van der Waals surface area contributed by atoms with Crippen LogP contribution in [0.25, 0.3) is 0 Å². The summed E-state index contributed by atoms with van der Waals surface area (Å²) in [6.45, 7) is 3.58. The molecule has 0 radical (unpaired) electrons. The molecule has 1 aromatic rings. The Hall–Kier alpha value is -0.860. The number of rotatable bonds is 4. The van der Waals surface area contributed by atoms with Gasteiger partial charge in [0.2, 0.25) is 0 Å². The molecule has 2 heteroatoms. The first-order valence-electron chi connectivity index (χ1n) is 7.76. The minimum Gasteiger partial charge on any atom is -0.319 e. The molecule has 0 aromatic heterocycles. The second-order valence-electron chi connectivity index (χ2n) is 6.31. The van der Waals surface area contributed by atoms with E-state index in [1.807, 2.05) is 0 Å². The quantitative estimate of drug-likeness (QED) is 0.892.